The maximum atomic E-state index is 11.8. The number of sulfone groups is 1. The minimum atomic E-state index is -2.82. The number of hydrogen-bond acceptors (Lipinski definition) is 2. The lowest BCUT2D eigenvalue weighted by Crippen LogP contribution is -2.28. The summed E-state index contributed by atoms with van der Waals surface area (Å²) >= 11 is 0. The summed E-state index contributed by atoms with van der Waals surface area (Å²) < 4.78 is 23.7. The van der Waals surface area contributed by atoms with E-state index in [2.05, 4.69) is 0 Å². The van der Waals surface area contributed by atoms with Crippen molar-refractivity contribution in [1.82, 2.24) is 0 Å². The lowest BCUT2D eigenvalue weighted by molar-refractivity contribution is 0.458. The summed E-state index contributed by atoms with van der Waals surface area (Å²) in [5.74, 6) is 0.338. The van der Waals surface area contributed by atoms with E-state index in [0.717, 1.165) is 25.7 Å². The van der Waals surface area contributed by atoms with Crippen molar-refractivity contribution in [3.05, 3.63) is 0 Å². The maximum absolute atomic E-state index is 11.8. The first-order valence-corrected chi connectivity index (χ1v) is 6.74. The van der Waals surface area contributed by atoms with E-state index in [1.54, 1.807) is 0 Å². The second kappa shape index (κ2) is 3.60. The normalized spacial score (nSPS) is 20.8. The molecule has 1 rings (SSSR count). The zero-order chi connectivity index (χ0) is 10.1. The van der Waals surface area contributed by atoms with Gasteiger partial charge in [0.05, 0.1) is 11.0 Å². The van der Waals surface area contributed by atoms with Crippen molar-refractivity contribution < 1.29 is 8.42 Å². The molecule has 1 aliphatic rings. The van der Waals surface area contributed by atoms with Crippen LogP contribution < -0.4 is 0 Å². The molecule has 0 atom stereocenters. The van der Waals surface area contributed by atoms with Crippen LogP contribution in [0.4, 0.5) is 0 Å². The first-order chi connectivity index (χ1) is 5.81. The molecule has 0 saturated heterocycles. The minimum Gasteiger partial charge on any atom is -0.229 e. The SMILES string of the molecule is CC(C)(C)CS(=O)(=O)C1CCCC1. The van der Waals surface area contributed by atoms with Crippen molar-refractivity contribution in [2.45, 2.75) is 51.7 Å². The summed E-state index contributed by atoms with van der Waals surface area (Å²) in [7, 11) is -2.82. The van der Waals surface area contributed by atoms with Gasteiger partial charge in [-0.25, -0.2) is 8.42 Å². The van der Waals surface area contributed by atoms with Gasteiger partial charge in [0.2, 0.25) is 0 Å². The zero-order valence-corrected chi connectivity index (χ0v) is 9.65. The van der Waals surface area contributed by atoms with Crippen LogP contribution in [0.15, 0.2) is 0 Å². The zero-order valence-electron chi connectivity index (χ0n) is 8.84. The third-order valence-electron chi connectivity index (χ3n) is 2.44. The van der Waals surface area contributed by atoms with Gasteiger partial charge in [0, 0.05) is 0 Å². The fraction of sp³-hybridized carbons (Fsp3) is 1.00. The Labute approximate surface area is 81.6 Å². The molecule has 0 aromatic carbocycles. The van der Waals surface area contributed by atoms with Crippen LogP contribution in [0.3, 0.4) is 0 Å². The highest BCUT2D eigenvalue weighted by Crippen LogP contribution is 2.28. The van der Waals surface area contributed by atoms with Crippen LogP contribution in [-0.4, -0.2) is 19.4 Å². The van der Waals surface area contributed by atoms with E-state index >= 15 is 0 Å². The van der Waals surface area contributed by atoms with E-state index < -0.39 is 9.84 Å². The van der Waals surface area contributed by atoms with Crippen LogP contribution in [0, 0.1) is 5.41 Å². The third-order valence-corrected chi connectivity index (χ3v) is 5.20. The molecular formula is C10H20O2S. The summed E-state index contributed by atoms with van der Waals surface area (Å²) in [5.41, 5.74) is -0.0958. The Bertz CT molecular complexity index is 253. The van der Waals surface area contributed by atoms with E-state index in [0.29, 0.717) is 5.75 Å². The minimum absolute atomic E-state index is 0.0354. The molecule has 1 saturated carbocycles. The van der Waals surface area contributed by atoms with E-state index in [-0.39, 0.29) is 10.7 Å². The van der Waals surface area contributed by atoms with Gasteiger partial charge in [0.15, 0.2) is 9.84 Å². The van der Waals surface area contributed by atoms with Crippen LogP contribution >= 0.6 is 0 Å². The van der Waals surface area contributed by atoms with Gasteiger partial charge in [-0.3, -0.25) is 0 Å². The second-order valence-electron chi connectivity index (χ2n) is 5.27. The molecule has 0 aliphatic heterocycles. The molecule has 0 N–H and O–H groups in total. The largest absolute Gasteiger partial charge is 0.229 e. The quantitative estimate of drug-likeness (QED) is 0.692. The highest BCUT2D eigenvalue weighted by molar-refractivity contribution is 7.92. The molecule has 0 heterocycles. The third kappa shape index (κ3) is 3.29. The lowest BCUT2D eigenvalue weighted by Gasteiger charge is -2.20. The highest BCUT2D eigenvalue weighted by Gasteiger charge is 2.31. The van der Waals surface area contributed by atoms with Gasteiger partial charge in [-0.2, -0.15) is 0 Å². The van der Waals surface area contributed by atoms with Crippen LogP contribution in [0.2, 0.25) is 0 Å². The molecule has 1 fully saturated rings. The van der Waals surface area contributed by atoms with Crippen molar-refractivity contribution in [3.63, 3.8) is 0 Å². The Morgan fingerprint density at radius 2 is 1.62 bits per heavy atom. The Kier molecular flexibility index (Phi) is 3.05. The van der Waals surface area contributed by atoms with E-state index in [1.165, 1.54) is 0 Å². The van der Waals surface area contributed by atoms with E-state index in [4.69, 9.17) is 0 Å². The van der Waals surface area contributed by atoms with Crippen molar-refractivity contribution in [1.29, 1.82) is 0 Å². The van der Waals surface area contributed by atoms with E-state index in [1.807, 2.05) is 20.8 Å². The fourth-order valence-corrected chi connectivity index (χ4v) is 4.46. The van der Waals surface area contributed by atoms with Crippen LogP contribution in [0.25, 0.3) is 0 Å². The number of rotatable bonds is 2. The Morgan fingerprint density at radius 3 is 2.00 bits per heavy atom. The van der Waals surface area contributed by atoms with Gasteiger partial charge >= 0.3 is 0 Å². The smallest absolute Gasteiger partial charge is 0.153 e. The first-order valence-electron chi connectivity index (χ1n) is 5.03. The molecule has 0 amide bonds. The van der Waals surface area contributed by atoms with Crippen LogP contribution in [0.5, 0.6) is 0 Å². The maximum Gasteiger partial charge on any atom is 0.153 e. The predicted molar refractivity (Wildman–Crippen MR) is 55.5 cm³/mol. The molecule has 0 radical (unpaired) electrons. The molecule has 0 spiro atoms. The molecule has 1 aliphatic carbocycles. The van der Waals surface area contributed by atoms with Crippen molar-refractivity contribution in [3.8, 4) is 0 Å². The molecule has 0 bridgehead atoms. The standard InChI is InChI=1S/C10H20O2S/c1-10(2,3)8-13(11,12)9-6-4-5-7-9/h9H,4-8H2,1-3H3. The summed E-state index contributed by atoms with van der Waals surface area (Å²) in [5, 5.41) is -0.0354. The van der Waals surface area contributed by atoms with Gasteiger partial charge in [0.1, 0.15) is 0 Å². The summed E-state index contributed by atoms with van der Waals surface area (Å²) in [6.07, 6.45) is 3.96. The van der Waals surface area contributed by atoms with Gasteiger partial charge in [0.25, 0.3) is 0 Å². The molecule has 13 heavy (non-hydrogen) atoms. The Morgan fingerprint density at radius 1 is 1.15 bits per heavy atom. The fourth-order valence-electron chi connectivity index (χ4n) is 1.97. The van der Waals surface area contributed by atoms with Gasteiger partial charge in [-0.1, -0.05) is 33.6 Å². The summed E-state index contributed by atoms with van der Waals surface area (Å²) in [6.45, 7) is 5.96. The molecule has 0 aromatic rings. The molecule has 78 valence electrons. The average molecular weight is 204 g/mol. The van der Waals surface area contributed by atoms with Gasteiger partial charge in [-0.15, -0.1) is 0 Å². The highest BCUT2D eigenvalue weighted by atomic mass is 32.2. The topological polar surface area (TPSA) is 34.1 Å². The van der Waals surface area contributed by atoms with Gasteiger partial charge < -0.3 is 0 Å². The van der Waals surface area contributed by atoms with E-state index in [9.17, 15) is 8.42 Å². The molecule has 0 aromatic heterocycles. The Balaban J connectivity index is 2.66. The van der Waals surface area contributed by atoms with Crippen LogP contribution in [-0.2, 0) is 9.84 Å². The van der Waals surface area contributed by atoms with Crippen molar-refractivity contribution >= 4 is 9.84 Å². The average Bonchev–Trinajstić information content (AvgIpc) is 2.29. The molecule has 3 heteroatoms. The predicted octanol–water partition coefficient (Wildman–Crippen LogP) is 2.39. The van der Waals surface area contributed by atoms with Crippen LogP contribution in [0.1, 0.15) is 46.5 Å². The molecule has 0 unspecified atom stereocenters. The molecular weight excluding hydrogens is 184 g/mol. The monoisotopic (exact) mass is 204 g/mol. The Hall–Kier alpha value is -0.0500. The summed E-state index contributed by atoms with van der Waals surface area (Å²) in [4.78, 5) is 0. The van der Waals surface area contributed by atoms with Crippen molar-refractivity contribution in [2.24, 2.45) is 5.41 Å². The lowest BCUT2D eigenvalue weighted by atomic mass is 10.0. The van der Waals surface area contributed by atoms with Crippen molar-refractivity contribution in [2.75, 3.05) is 5.75 Å². The molecule has 2 nitrogen and oxygen atoms in total. The van der Waals surface area contributed by atoms with Gasteiger partial charge in [-0.05, 0) is 18.3 Å². The second-order valence-corrected chi connectivity index (χ2v) is 7.56. The first kappa shape index (κ1) is 11.0. The summed E-state index contributed by atoms with van der Waals surface area (Å²) in [6, 6.07) is 0. The number of hydrogen-bond donors (Lipinski definition) is 0.